The highest BCUT2D eigenvalue weighted by molar-refractivity contribution is 5.99. The molecule has 1 saturated carbocycles. The minimum atomic E-state index is -0.227. The van der Waals surface area contributed by atoms with Crippen molar-refractivity contribution in [3.8, 4) is 0 Å². The zero-order valence-electron chi connectivity index (χ0n) is 12.5. The van der Waals surface area contributed by atoms with Gasteiger partial charge in [-0.3, -0.25) is 4.79 Å². The van der Waals surface area contributed by atoms with E-state index < -0.39 is 0 Å². The summed E-state index contributed by atoms with van der Waals surface area (Å²) in [5, 5.41) is 13.6. The Balaban J connectivity index is 1.86. The molecular formula is C17H21NO3. The molecule has 2 atom stereocenters. The zero-order valence-corrected chi connectivity index (χ0v) is 12.5. The molecule has 1 amide bonds. The summed E-state index contributed by atoms with van der Waals surface area (Å²) in [6.07, 6.45) is 2.87. The molecule has 1 aromatic carbocycles. The highest BCUT2D eigenvalue weighted by Crippen LogP contribution is 2.37. The lowest BCUT2D eigenvalue weighted by Gasteiger charge is -2.29. The van der Waals surface area contributed by atoms with Crippen molar-refractivity contribution in [2.45, 2.75) is 39.2 Å². The van der Waals surface area contributed by atoms with E-state index in [1.54, 1.807) is 0 Å². The molecule has 1 aliphatic rings. The fourth-order valence-corrected chi connectivity index (χ4v) is 3.28. The van der Waals surface area contributed by atoms with Gasteiger partial charge in [-0.2, -0.15) is 0 Å². The first-order valence-corrected chi connectivity index (χ1v) is 7.45. The molecule has 0 aliphatic heterocycles. The van der Waals surface area contributed by atoms with Crippen LogP contribution < -0.4 is 5.32 Å². The van der Waals surface area contributed by atoms with Crippen molar-refractivity contribution in [3.63, 3.8) is 0 Å². The minimum absolute atomic E-state index is 0.00242. The molecule has 112 valence electrons. The highest BCUT2D eigenvalue weighted by Gasteiger charge is 2.39. The number of carbonyl (C=O) groups is 1. The number of aliphatic hydroxyl groups is 1. The molecule has 0 radical (unpaired) electrons. The largest absolute Gasteiger partial charge is 0.451 e. The molecule has 3 rings (SSSR count). The molecule has 1 heterocycles. The van der Waals surface area contributed by atoms with Crippen LogP contribution in [0, 0.1) is 12.3 Å². The second-order valence-corrected chi connectivity index (χ2v) is 6.28. The number of rotatable bonds is 3. The predicted octanol–water partition coefficient (Wildman–Crippen LogP) is 3.02. The van der Waals surface area contributed by atoms with Crippen LogP contribution >= 0.6 is 0 Å². The number of carbonyl (C=O) groups excluding carboxylic acids is 1. The standard InChI is InChI=1S/C17H21NO3/c1-11-12-6-3-4-7-13(12)21-15(11)16(20)18-14-8-5-9-17(14,2)10-19/h3-4,6-7,14,19H,5,8-10H2,1-2H3,(H,18,20). The van der Waals surface area contributed by atoms with Gasteiger partial charge in [0, 0.05) is 22.4 Å². The van der Waals surface area contributed by atoms with Crippen molar-refractivity contribution in [2.75, 3.05) is 6.61 Å². The molecule has 4 heteroatoms. The van der Waals surface area contributed by atoms with Crippen LogP contribution in [0.1, 0.15) is 42.3 Å². The molecule has 0 spiro atoms. The van der Waals surface area contributed by atoms with E-state index in [1.165, 1.54) is 0 Å². The van der Waals surface area contributed by atoms with Crippen LogP contribution in [0.15, 0.2) is 28.7 Å². The molecule has 1 aliphatic carbocycles. The molecule has 1 aromatic heterocycles. The van der Waals surface area contributed by atoms with Gasteiger partial charge >= 0.3 is 0 Å². The van der Waals surface area contributed by atoms with Gasteiger partial charge in [-0.05, 0) is 25.8 Å². The second kappa shape index (κ2) is 5.19. The SMILES string of the molecule is Cc1c(C(=O)NC2CCCC2(C)CO)oc2ccccc12. The third kappa shape index (κ3) is 2.33. The Labute approximate surface area is 124 Å². The topological polar surface area (TPSA) is 62.5 Å². The normalized spacial score (nSPS) is 25.4. The molecule has 4 nitrogen and oxygen atoms in total. The number of hydrogen-bond acceptors (Lipinski definition) is 3. The number of benzene rings is 1. The van der Waals surface area contributed by atoms with Crippen molar-refractivity contribution in [2.24, 2.45) is 5.41 Å². The van der Waals surface area contributed by atoms with Gasteiger partial charge in [-0.15, -0.1) is 0 Å². The fourth-order valence-electron chi connectivity index (χ4n) is 3.28. The van der Waals surface area contributed by atoms with E-state index in [0.29, 0.717) is 5.76 Å². The Hall–Kier alpha value is -1.81. The summed E-state index contributed by atoms with van der Waals surface area (Å²) < 4.78 is 5.70. The Morgan fingerprint density at radius 2 is 2.24 bits per heavy atom. The summed E-state index contributed by atoms with van der Waals surface area (Å²) in [7, 11) is 0. The summed E-state index contributed by atoms with van der Waals surface area (Å²) in [4.78, 5) is 12.5. The lowest BCUT2D eigenvalue weighted by molar-refractivity contribution is 0.0807. The van der Waals surface area contributed by atoms with Crippen LogP contribution in [0.25, 0.3) is 11.0 Å². The van der Waals surface area contributed by atoms with Crippen LogP contribution in [0.3, 0.4) is 0 Å². The van der Waals surface area contributed by atoms with Gasteiger partial charge in [-0.25, -0.2) is 0 Å². The Morgan fingerprint density at radius 3 is 2.95 bits per heavy atom. The summed E-state index contributed by atoms with van der Waals surface area (Å²) in [6.45, 7) is 4.02. The van der Waals surface area contributed by atoms with Crippen molar-refractivity contribution < 1.29 is 14.3 Å². The van der Waals surface area contributed by atoms with Gasteiger partial charge in [0.05, 0.1) is 6.61 Å². The Morgan fingerprint density at radius 1 is 1.48 bits per heavy atom. The van der Waals surface area contributed by atoms with E-state index in [1.807, 2.05) is 38.1 Å². The second-order valence-electron chi connectivity index (χ2n) is 6.28. The fraction of sp³-hybridized carbons (Fsp3) is 0.471. The lowest BCUT2D eigenvalue weighted by atomic mass is 9.86. The van der Waals surface area contributed by atoms with Crippen LogP contribution in [-0.2, 0) is 0 Å². The lowest BCUT2D eigenvalue weighted by Crippen LogP contribution is -2.44. The smallest absolute Gasteiger partial charge is 0.287 e. The minimum Gasteiger partial charge on any atom is -0.451 e. The third-order valence-corrected chi connectivity index (χ3v) is 4.80. The van der Waals surface area contributed by atoms with Crippen molar-refractivity contribution >= 4 is 16.9 Å². The van der Waals surface area contributed by atoms with E-state index in [0.717, 1.165) is 35.8 Å². The summed E-state index contributed by atoms with van der Waals surface area (Å²) >= 11 is 0. The van der Waals surface area contributed by atoms with Crippen LogP contribution in [0.2, 0.25) is 0 Å². The number of hydrogen-bond donors (Lipinski definition) is 2. The Kier molecular flexibility index (Phi) is 3.49. The summed E-state index contributed by atoms with van der Waals surface area (Å²) in [5.74, 6) is 0.193. The molecule has 0 saturated heterocycles. The number of aryl methyl sites for hydroxylation is 1. The van der Waals surface area contributed by atoms with E-state index in [2.05, 4.69) is 5.32 Å². The average molecular weight is 287 g/mol. The van der Waals surface area contributed by atoms with E-state index >= 15 is 0 Å². The number of para-hydroxylation sites is 1. The maximum Gasteiger partial charge on any atom is 0.287 e. The predicted molar refractivity (Wildman–Crippen MR) is 81.2 cm³/mol. The number of fused-ring (bicyclic) bond motifs is 1. The molecule has 2 unspecified atom stereocenters. The van der Waals surface area contributed by atoms with Gasteiger partial charge in [0.2, 0.25) is 0 Å². The van der Waals surface area contributed by atoms with Gasteiger partial charge in [0.25, 0.3) is 5.91 Å². The van der Waals surface area contributed by atoms with Crippen molar-refractivity contribution in [1.29, 1.82) is 0 Å². The first-order chi connectivity index (χ1) is 10.0. The average Bonchev–Trinajstić information content (AvgIpc) is 3.02. The molecule has 0 bridgehead atoms. The van der Waals surface area contributed by atoms with Gasteiger partial charge in [-0.1, -0.05) is 31.5 Å². The van der Waals surface area contributed by atoms with Crippen molar-refractivity contribution in [3.05, 3.63) is 35.6 Å². The van der Waals surface area contributed by atoms with Crippen LogP contribution in [0.4, 0.5) is 0 Å². The molecule has 21 heavy (non-hydrogen) atoms. The maximum atomic E-state index is 12.5. The van der Waals surface area contributed by atoms with Crippen LogP contribution in [-0.4, -0.2) is 23.7 Å². The Bertz CT molecular complexity index is 676. The molecule has 2 N–H and O–H groups in total. The van der Waals surface area contributed by atoms with Crippen molar-refractivity contribution in [1.82, 2.24) is 5.32 Å². The number of nitrogens with one attached hydrogen (secondary N) is 1. The monoisotopic (exact) mass is 287 g/mol. The summed E-state index contributed by atoms with van der Waals surface area (Å²) in [5.41, 5.74) is 1.37. The van der Waals surface area contributed by atoms with E-state index in [-0.39, 0.29) is 24.0 Å². The zero-order chi connectivity index (χ0) is 15.0. The van der Waals surface area contributed by atoms with Gasteiger partial charge < -0.3 is 14.8 Å². The first-order valence-electron chi connectivity index (χ1n) is 7.45. The van der Waals surface area contributed by atoms with E-state index in [9.17, 15) is 9.90 Å². The first kappa shape index (κ1) is 14.1. The van der Waals surface area contributed by atoms with Crippen LogP contribution in [0.5, 0.6) is 0 Å². The molecular weight excluding hydrogens is 266 g/mol. The van der Waals surface area contributed by atoms with E-state index in [4.69, 9.17) is 4.42 Å². The number of furan rings is 1. The molecule has 2 aromatic rings. The maximum absolute atomic E-state index is 12.5. The number of amides is 1. The van der Waals surface area contributed by atoms with Gasteiger partial charge in [0.15, 0.2) is 5.76 Å². The highest BCUT2D eigenvalue weighted by atomic mass is 16.3. The number of aliphatic hydroxyl groups excluding tert-OH is 1. The molecule has 1 fully saturated rings. The van der Waals surface area contributed by atoms with Gasteiger partial charge in [0.1, 0.15) is 5.58 Å². The third-order valence-electron chi connectivity index (χ3n) is 4.80. The summed E-state index contributed by atoms with van der Waals surface area (Å²) in [6, 6.07) is 7.66. The quantitative estimate of drug-likeness (QED) is 0.912.